The van der Waals surface area contributed by atoms with Crippen LogP contribution in [0.4, 0.5) is 13.2 Å². The average molecular weight is 298 g/mol. The molecule has 0 aliphatic heterocycles. The monoisotopic (exact) mass is 298 g/mol. The first-order valence-electron chi connectivity index (χ1n) is 6.21. The predicted molar refractivity (Wildman–Crippen MR) is 67.2 cm³/mol. The van der Waals surface area contributed by atoms with Crippen molar-refractivity contribution in [2.75, 3.05) is 6.54 Å². The Morgan fingerprint density at radius 3 is 1.80 bits per heavy atom. The van der Waals surface area contributed by atoms with Gasteiger partial charge in [0.2, 0.25) is 11.4 Å². The smallest absolute Gasteiger partial charge is 0.417 e. The van der Waals surface area contributed by atoms with Gasteiger partial charge in [-0.05, 0) is 34.6 Å². The zero-order chi connectivity index (χ0) is 16.3. The maximum Gasteiger partial charge on any atom is 0.417 e. The lowest BCUT2D eigenvalue weighted by molar-refractivity contribution is -0.205. The molecule has 2 N–H and O–H groups in total. The van der Waals surface area contributed by atoms with E-state index in [1.165, 1.54) is 4.90 Å². The molecule has 0 aromatic heterocycles. The number of carboxylic acids is 1. The van der Waals surface area contributed by atoms with Crippen molar-refractivity contribution in [1.82, 2.24) is 10.2 Å². The van der Waals surface area contributed by atoms with E-state index in [0.29, 0.717) is 6.92 Å². The molecule has 0 spiro atoms. The number of rotatable bonds is 6. The summed E-state index contributed by atoms with van der Waals surface area (Å²) in [5, 5.41) is 10.5. The van der Waals surface area contributed by atoms with Gasteiger partial charge in [-0.3, -0.25) is 10.1 Å². The van der Waals surface area contributed by atoms with E-state index >= 15 is 0 Å². The highest BCUT2D eigenvalue weighted by Crippen LogP contribution is 2.30. The molecule has 0 aromatic carbocycles. The Balaban J connectivity index is 4.98. The van der Waals surface area contributed by atoms with Crippen LogP contribution in [0.2, 0.25) is 0 Å². The van der Waals surface area contributed by atoms with Crippen LogP contribution >= 0.6 is 0 Å². The minimum absolute atomic E-state index is 0.189. The Labute approximate surface area is 116 Å². The van der Waals surface area contributed by atoms with Gasteiger partial charge in [0, 0.05) is 12.1 Å². The van der Waals surface area contributed by atoms with Crippen LogP contribution < -0.4 is 5.32 Å². The summed E-state index contributed by atoms with van der Waals surface area (Å²) < 4.78 is 38.3. The molecule has 0 aliphatic carbocycles. The van der Waals surface area contributed by atoms with Gasteiger partial charge in [0.1, 0.15) is 0 Å². The molecule has 0 saturated heterocycles. The van der Waals surface area contributed by atoms with Crippen molar-refractivity contribution in [2.24, 2.45) is 0 Å². The molecule has 0 radical (unpaired) electrons. The molecule has 0 rings (SSSR count). The molecule has 1 unspecified atom stereocenters. The Hall–Kier alpha value is -1.31. The molecule has 20 heavy (non-hydrogen) atoms. The van der Waals surface area contributed by atoms with Crippen molar-refractivity contribution in [3.63, 3.8) is 0 Å². The van der Waals surface area contributed by atoms with Crippen LogP contribution in [0.3, 0.4) is 0 Å². The normalized spacial score (nSPS) is 15.3. The largest absolute Gasteiger partial charge is 0.480 e. The lowest BCUT2D eigenvalue weighted by Crippen LogP contribution is -2.62. The fourth-order valence-corrected chi connectivity index (χ4v) is 1.81. The van der Waals surface area contributed by atoms with Crippen molar-refractivity contribution < 1.29 is 27.9 Å². The number of hydrogen-bond donors (Lipinski definition) is 2. The van der Waals surface area contributed by atoms with Crippen LogP contribution in [0.25, 0.3) is 0 Å². The Bertz CT molecular complexity index is 361. The molecule has 0 aliphatic rings. The van der Waals surface area contributed by atoms with Gasteiger partial charge in [0.15, 0.2) is 0 Å². The summed E-state index contributed by atoms with van der Waals surface area (Å²) in [6.07, 6.45) is -5.00. The molecule has 1 atom stereocenters. The van der Waals surface area contributed by atoms with Gasteiger partial charge in [-0.1, -0.05) is 0 Å². The number of nitrogens with zero attached hydrogens (tertiary/aromatic N) is 1. The minimum atomic E-state index is -5.00. The highest BCUT2D eigenvalue weighted by molar-refractivity contribution is 5.83. The van der Waals surface area contributed by atoms with Crippen LogP contribution in [-0.4, -0.2) is 52.2 Å². The van der Waals surface area contributed by atoms with E-state index in [1.54, 1.807) is 27.7 Å². The summed E-state index contributed by atoms with van der Waals surface area (Å²) >= 11 is 0. The second-order valence-corrected chi connectivity index (χ2v) is 5.27. The number of aliphatic carboxylic acids is 1. The average Bonchev–Trinajstić information content (AvgIpc) is 2.22. The topological polar surface area (TPSA) is 69.6 Å². The van der Waals surface area contributed by atoms with Gasteiger partial charge < -0.3 is 10.0 Å². The quantitative estimate of drug-likeness (QED) is 0.782. The summed E-state index contributed by atoms with van der Waals surface area (Å²) in [6.45, 7) is 6.74. The molecule has 8 heteroatoms. The van der Waals surface area contributed by atoms with Crippen LogP contribution in [0.1, 0.15) is 34.6 Å². The highest BCUT2D eigenvalue weighted by Gasteiger charge is 2.57. The lowest BCUT2D eigenvalue weighted by atomic mass is 10.0. The van der Waals surface area contributed by atoms with Gasteiger partial charge in [-0.15, -0.1) is 0 Å². The van der Waals surface area contributed by atoms with E-state index in [2.05, 4.69) is 0 Å². The molecule has 0 saturated carbocycles. The van der Waals surface area contributed by atoms with Crippen LogP contribution in [-0.2, 0) is 9.59 Å². The van der Waals surface area contributed by atoms with Crippen LogP contribution in [0, 0.1) is 0 Å². The number of carbonyl (C=O) groups is 2. The third kappa shape index (κ3) is 4.09. The molecule has 0 bridgehead atoms. The van der Waals surface area contributed by atoms with Gasteiger partial charge in [-0.2, -0.15) is 13.2 Å². The molecule has 0 aromatic rings. The van der Waals surface area contributed by atoms with Crippen molar-refractivity contribution in [3.8, 4) is 0 Å². The molecule has 1 amide bonds. The number of hydrogen-bond acceptors (Lipinski definition) is 3. The first kappa shape index (κ1) is 18.7. The standard InChI is InChI=1S/C12H21F3N2O3/c1-7(2)17(8(3)4)9(18)6-16-11(5,10(19)20)12(13,14)15/h7-8,16H,6H2,1-5H3,(H,19,20). The summed E-state index contributed by atoms with van der Waals surface area (Å²) in [7, 11) is 0. The Morgan fingerprint density at radius 1 is 1.15 bits per heavy atom. The first-order valence-corrected chi connectivity index (χ1v) is 6.21. The first-order chi connectivity index (χ1) is 8.84. The Morgan fingerprint density at radius 2 is 1.55 bits per heavy atom. The molecular weight excluding hydrogens is 277 g/mol. The number of carboxylic acid groups (broad SMARTS) is 1. The van der Waals surface area contributed by atoms with Gasteiger partial charge in [0.05, 0.1) is 6.54 Å². The second-order valence-electron chi connectivity index (χ2n) is 5.27. The maximum absolute atomic E-state index is 12.8. The maximum atomic E-state index is 12.8. The van der Waals surface area contributed by atoms with Crippen molar-refractivity contribution >= 4 is 11.9 Å². The van der Waals surface area contributed by atoms with E-state index in [-0.39, 0.29) is 12.1 Å². The van der Waals surface area contributed by atoms with Crippen molar-refractivity contribution in [3.05, 3.63) is 0 Å². The van der Waals surface area contributed by atoms with Crippen molar-refractivity contribution in [1.29, 1.82) is 0 Å². The highest BCUT2D eigenvalue weighted by atomic mass is 19.4. The second kappa shape index (κ2) is 6.43. The van der Waals surface area contributed by atoms with E-state index in [4.69, 9.17) is 5.11 Å². The third-order valence-electron chi connectivity index (χ3n) is 2.99. The van der Waals surface area contributed by atoms with E-state index < -0.39 is 30.1 Å². The van der Waals surface area contributed by atoms with Gasteiger partial charge in [0.25, 0.3) is 0 Å². The number of carbonyl (C=O) groups excluding carboxylic acids is 1. The molecule has 5 nitrogen and oxygen atoms in total. The molecule has 0 heterocycles. The van der Waals surface area contributed by atoms with E-state index in [1.807, 2.05) is 5.32 Å². The van der Waals surface area contributed by atoms with Crippen LogP contribution in [0.5, 0.6) is 0 Å². The van der Waals surface area contributed by atoms with Crippen molar-refractivity contribution in [2.45, 2.75) is 58.4 Å². The molecular formula is C12H21F3N2O3. The number of alkyl halides is 3. The fraction of sp³-hybridized carbons (Fsp3) is 0.833. The third-order valence-corrected chi connectivity index (χ3v) is 2.99. The van der Waals surface area contributed by atoms with Gasteiger partial charge >= 0.3 is 12.1 Å². The summed E-state index contributed by atoms with van der Waals surface area (Å²) in [6, 6.07) is -0.377. The number of nitrogens with one attached hydrogen (secondary N) is 1. The zero-order valence-electron chi connectivity index (χ0n) is 12.2. The van der Waals surface area contributed by atoms with E-state index in [9.17, 15) is 22.8 Å². The zero-order valence-corrected chi connectivity index (χ0v) is 12.2. The van der Waals surface area contributed by atoms with Crippen LogP contribution in [0.15, 0.2) is 0 Å². The number of halogens is 3. The minimum Gasteiger partial charge on any atom is -0.480 e. The number of amides is 1. The predicted octanol–water partition coefficient (Wildman–Crippen LogP) is 1.63. The summed E-state index contributed by atoms with van der Waals surface area (Å²) in [5.41, 5.74) is -3.15. The molecule has 118 valence electrons. The summed E-state index contributed by atoms with van der Waals surface area (Å²) in [4.78, 5) is 24.1. The van der Waals surface area contributed by atoms with E-state index in [0.717, 1.165) is 0 Å². The fourth-order valence-electron chi connectivity index (χ4n) is 1.81. The van der Waals surface area contributed by atoms with Gasteiger partial charge in [-0.25, -0.2) is 4.79 Å². The Kier molecular flexibility index (Phi) is 6.01. The summed E-state index contributed by atoms with van der Waals surface area (Å²) in [5.74, 6) is -2.65. The molecule has 0 fully saturated rings. The SMILES string of the molecule is CC(C)N(C(=O)CNC(C)(C(=O)O)C(F)(F)F)C(C)C. The lowest BCUT2D eigenvalue weighted by Gasteiger charge is -2.33.